The van der Waals surface area contributed by atoms with E-state index < -0.39 is 33.8 Å². The van der Waals surface area contributed by atoms with Crippen molar-refractivity contribution in [2.45, 2.75) is 42.6 Å². The number of ether oxygens (including phenoxy) is 3. The highest BCUT2D eigenvalue weighted by Crippen LogP contribution is 2.42. The van der Waals surface area contributed by atoms with E-state index in [-0.39, 0.29) is 50.0 Å². The van der Waals surface area contributed by atoms with Crippen molar-refractivity contribution in [3.05, 3.63) is 66.5 Å². The summed E-state index contributed by atoms with van der Waals surface area (Å²) < 4.78 is 46.5. The highest BCUT2D eigenvalue weighted by Gasteiger charge is 2.46. The van der Waals surface area contributed by atoms with Crippen molar-refractivity contribution in [3.8, 4) is 28.4 Å². The number of nitrogens with one attached hydrogen (secondary N) is 1. The van der Waals surface area contributed by atoms with E-state index >= 15 is 0 Å². The van der Waals surface area contributed by atoms with Crippen molar-refractivity contribution in [2.75, 3.05) is 33.0 Å². The maximum atomic E-state index is 13.4. The molecule has 4 N–H and O–H groups in total. The Kier molecular flexibility index (Phi) is 7.62. The van der Waals surface area contributed by atoms with Crippen molar-refractivity contribution >= 4 is 10.0 Å². The summed E-state index contributed by atoms with van der Waals surface area (Å²) in [7, 11) is -4.04. The Hall–Kier alpha value is -3.26. The van der Waals surface area contributed by atoms with Gasteiger partial charge in [0.05, 0.1) is 24.9 Å². The summed E-state index contributed by atoms with van der Waals surface area (Å²) >= 11 is 0. The molecule has 1 spiro atoms. The van der Waals surface area contributed by atoms with Crippen LogP contribution in [0.3, 0.4) is 0 Å². The molecular weight excluding hydrogens is 550 g/mol. The molecule has 3 heterocycles. The molecule has 0 bridgehead atoms. The van der Waals surface area contributed by atoms with Crippen LogP contribution in [0.2, 0.25) is 0 Å². The molecule has 2 aliphatic heterocycles. The van der Waals surface area contributed by atoms with Gasteiger partial charge in [-0.05, 0) is 54.3 Å². The summed E-state index contributed by atoms with van der Waals surface area (Å²) in [5.41, 5.74) is 1.72. The smallest absolute Gasteiger partial charge is 0.244 e. The molecule has 12 heteroatoms. The van der Waals surface area contributed by atoms with Gasteiger partial charge in [0.15, 0.2) is 11.5 Å². The number of aromatic nitrogens is 1. The van der Waals surface area contributed by atoms with Gasteiger partial charge in [-0.1, -0.05) is 18.2 Å². The fourth-order valence-electron chi connectivity index (χ4n) is 5.93. The predicted octanol–water partition coefficient (Wildman–Crippen LogP) is 1.51. The zero-order valence-corrected chi connectivity index (χ0v) is 23.2. The fourth-order valence-corrected chi connectivity index (χ4v) is 7.12. The highest BCUT2D eigenvalue weighted by atomic mass is 32.2. The van der Waals surface area contributed by atoms with Crippen molar-refractivity contribution in [1.82, 2.24) is 14.6 Å². The number of benzene rings is 2. The standard InChI is InChI=1S/C29H33N3O8S/c33-22-13-31-41(36,37)28-6-4-20(21-2-1-7-30-12-21)9-27(28)38-17-29(10-23(34)24(35)11-29)16-32(15-22)14-19-3-5-25-26(8-19)40-18-39-25/h1-9,12,22-24,31,33-35H,10-11,13-18H2/t22-,23-,24+,29?/m0/s1. The third kappa shape index (κ3) is 6.03. The first-order valence-electron chi connectivity index (χ1n) is 13.5. The van der Waals surface area contributed by atoms with Crippen LogP contribution in [0.4, 0.5) is 0 Å². The molecular formula is C29H33N3O8S. The first kappa shape index (κ1) is 27.9. The molecule has 41 heavy (non-hydrogen) atoms. The number of aliphatic hydroxyl groups excluding tert-OH is 3. The number of nitrogens with zero attached hydrogens (tertiary/aromatic N) is 2. The third-order valence-electron chi connectivity index (χ3n) is 7.87. The van der Waals surface area contributed by atoms with Gasteiger partial charge in [-0.15, -0.1) is 0 Å². The van der Waals surface area contributed by atoms with Gasteiger partial charge >= 0.3 is 0 Å². The second-order valence-corrected chi connectivity index (χ2v) is 12.8. The quantitative estimate of drug-likeness (QED) is 0.357. The number of rotatable bonds is 3. The summed E-state index contributed by atoms with van der Waals surface area (Å²) in [4.78, 5) is 6.10. The first-order valence-corrected chi connectivity index (χ1v) is 15.0. The number of aliphatic hydroxyl groups is 3. The van der Waals surface area contributed by atoms with Gasteiger partial charge in [0.25, 0.3) is 0 Å². The number of sulfonamides is 1. The van der Waals surface area contributed by atoms with Gasteiger partial charge in [0.2, 0.25) is 16.8 Å². The van der Waals surface area contributed by atoms with Crippen LogP contribution in [0.1, 0.15) is 18.4 Å². The van der Waals surface area contributed by atoms with E-state index in [4.69, 9.17) is 14.2 Å². The molecule has 218 valence electrons. The van der Waals surface area contributed by atoms with Crippen molar-refractivity contribution in [3.63, 3.8) is 0 Å². The molecule has 3 aliphatic rings. The van der Waals surface area contributed by atoms with Gasteiger partial charge in [0, 0.05) is 49.6 Å². The SMILES string of the molecule is O=S1(=O)NC[C@H](O)CN(Cc2ccc3c(c2)OCO3)CC2(COc3cc(-c4cccnc4)ccc31)C[C@@H](O)[C@@H](O)C2. The lowest BCUT2D eigenvalue weighted by atomic mass is 9.85. The molecule has 1 aliphatic carbocycles. The Morgan fingerprint density at radius 3 is 2.54 bits per heavy atom. The maximum absolute atomic E-state index is 13.4. The minimum absolute atomic E-state index is 0.0495. The van der Waals surface area contributed by atoms with Crippen molar-refractivity contribution in [2.24, 2.45) is 5.41 Å². The Bertz CT molecular complexity index is 1490. The minimum atomic E-state index is -4.04. The molecule has 1 saturated carbocycles. The Morgan fingerprint density at radius 2 is 1.76 bits per heavy atom. The number of hydrogen-bond donors (Lipinski definition) is 4. The lowest BCUT2D eigenvalue weighted by Crippen LogP contribution is -2.46. The second-order valence-electron chi connectivity index (χ2n) is 11.1. The van der Waals surface area contributed by atoms with E-state index in [1.54, 1.807) is 30.6 Å². The van der Waals surface area contributed by atoms with E-state index in [0.29, 0.717) is 24.6 Å². The number of hydrogen-bond acceptors (Lipinski definition) is 10. The highest BCUT2D eigenvalue weighted by molar-refractivity contribution is 7.89. The molecule has 0 amide bonds. The summed E-state index contributed by atoms with van der Waals surface area (Å²) in [6.45, 7) is 0.947. The van der Waals surface area contributed by atoms with Gasteiger partial charge in [-0.25, -0.2) is 13.1 Å². The molecule has 6 rings (SSSR count). The monoisotopic (exact) mass is 583 g/mol. The topological polar surface area (TPSA) is 151 Å². The summed E-state index contributed by atoms with van der Waals surface area (Å²) in [5, 5.41) is 32.1. The van der Waals surface area contributed by atoms with Gasteiger partial charge < -0.3 is 29.5 Å². The van der Waals surface area contributed by atoms with Gasteiger partial charge in [-0.3, -0.25) is 9.88 Å². The van der Waals surface area contributed by atoms with E-state index in [1.165, 1.54) is 6.07 Å². The Labute approximate surface area is 238 Å². The zero-order chi connectivity index (χ0) is 28.6. The Morgan fingerprint density at radius 1 is 0.951 bits per heavy atom. The molecule has 11 nitrogen and oxygen atoms in total. The van der Waals surface area contributed by atoms with Crippen LogP contribution in [0.5, 0.6) is 17.2 Å². The number of β-amino-alcohol motifs (C(OH)–C–C–N with tert-alkyl or cyclic N) is 1. The van der Waals surface area contributed by atoms with Crippen LogP contribution < -0.4 is 18.9 Å². The lowest BCUT2D eigenvalue weighted by molar-refractivity contribution is 0.0427. The van der Waals surface area contributed by atoms with E-state index in [1.807, 2.05) is 29.2 Å². The minimum Gasteiger partial charge on any atom is -0.492 e. The van der Waals surface area contributed by atoms with E-state index in [2.05, 4.69) is 9.71 Å². The molecule has 3 aromatic rings. The van der Waals surface area contributed by atoms with Crippen LogP contribution in [-0.2, 0) is 16.6 Å². The van der Waals surface area contributed by atoms with Crippen molar-refractivity contribution in [1.29, 1.82) is 0 Å². The molecule has 0 saturated heterocycles. The van der Waals surface area contributed by atoms with Crippen LogP contribution in [-0.4, -0.2) is 85.0 Å². The Balaban J connectivity index is 1.35. The molecule has 1 aromatic heterocycles. The summed E-state index contributed by atoms with van der Waals surface area (Å²) in [6, 6.07) is 14.1. The first-order chi connectivity index (χ1) is 19.7. The summed E-state index contributed by atoms with van der Waals surface area (Å²) in [5.74, 6) is 1.44. The van der Waals surface area contributed by atoms with Crippen LogP contribution in [0.25, 0.3) is 11.1 Å². The third-order valence-corrected chi connectivity index (χ3v) is 9.33. The van der Waals surface area contributed by atoms with Crippen LogP contribution in [0, 0.1) is 5.41 Å². The second kappa shape index (κ2) is 11.2. The van der Waals surface area contributed by atoms with Gasteiger partial charge in [-0.2, -0.15) is 0 Å². The van der Waals surface area contributed by atoms with Crippen LogP contribution >= 0.6 is 0 Å². The lowest BCUT2D eigenvalue weighted by Gasteiger charge is -2.37. The average molecular weight is 584 g/mol. The molecule has 0 radical (unpaired) electrons. The molecule has 1 fully saturated rings. The molecule has 4 atom stereocenters. The predicted molar refractivity (Wildman–Crippen MR) is 148 cm³/mol. The zero-order valence-electron chi connectivity index (χ0n) is 22.3. The number of pyridine rings is 1. The van der Waals surface area contributed by atoms with E-state index in [0.717, 1.165) is 16.7 Å². The van der Waals surface area contributed by atoms with Gasteiger partial charge in [0.1, 0.15) is 10.6 Å². The maximum Gasteiger partial charge on any atom is 0.244 e. The normalized spacial score (nSPS) is 27.9. The van der Waals surface area contributed by atoms with Crippen LogP contribution in [0.15, 0.2) is 65.8 Å². The number of fused-ring (bicyclic) bond motifs is 2. The molecule has 2 aromatic carbocycles. The van der Waals surface area contributed by atoms with Crippen molar-refractivity contribution < 1.29 is 37.9 Å². The molecule has 1 unspecified atom stereocenters. The van der Waals surface area contributed by atoms with E-state index in [9.17, 15) is 23.7 Å². The summed E-state index contributed by atoms with van der Waals surface area (Å²) in [6.07, 6.45) is 0.925. The fraction of sp³-hybridized carbons (Fsp3) is 0.414. The largest absolute Gasteiger partial charge is 0.492 e. The average Bonchev–Trinajstić information content (AvgIpc) is 3.53.